The molecular formula is C16H12Cl2N2O2. The van der Waals surface area contributed by atoms with Gasteiger partial charge in [0.1, 0.15) is 6.26 Å². The summed E-state index contributed by atoms with van der Waals surface area (Å²) in [7, 11) is 0. The van der Waals surface area contributed by atoms with E-state index in [0.29, 0.717) is 27.6 Å². The number of hydrogen-bond acceptors (Lipinski definition) is 4. The molecule has 0 bridgehead atoms. The Labute approximate surface area is 137 Å². The fraction of sp³-hybridized carbons (Fsp3) is 0.0625. The highest BCUT2D eigenvalue weighted by Gasteiger charge is 2.12. The minimum absolute atomic E-state index is 0.181. The minimum atomic E-state index is -0.431. The van der Waals surface area contributed by atoms with Crippen molar-refractivity contribution in [2.24, 2.45) is 10.2 Å². The Morgan fingerprint density at radius 2 is 1.68 bits per heavy atom. The number of aliphatic hydroxyl groups is 1. The van der Waals surface area contributed by atoms with Crippen molar-refractivity contribution in [3.8, 4) is 0 Å². The lowest BCUT2D eigenvalue weighted by atomic mass is 10.1. The van der Waals surface area contributed by atoms with Gasteiger partial charge in [-0.1, -0.05) is 53.0 Å². The zero-order valence-corrected chi connectivity index (χ0v) is 13.1. The zero-order chi connectivity index (χ0) is 16.1. The second kappa shape index (κ2) is 7.20. The van der Waals surface area contributed by atoms with Crippen LogP contribution in [0.2, 0.25) is 10.0 Å². The molecule has 0 saturated heterocycles. The Morgan fingerprint density at radius 3 is 2.23 bits per heavy atom. The van der Waals surface area contributed by atoms with E-state index in [1.807, 2.05) is 6.92 Å². The lowest BCUT2D eigenvalue weighted by Gasteiger charge is -2.01. The summed E-state index contributed by atoms with van der Waals surface area (Å²) in [5, 5.41) is 17.7. The summed E-state index contributed by atoms with van der Waals surface area (Å²) < 4.78 is 0. The third-order valence-electron chi connectivity index (χ3n) is 2.79. The second-order valence-electron chi connectivity index (χ2n) is 4.54. The number of allylic oxidation sites excluding steroid dienone is 1. The van der Waals surface area contributed by atoms with Crippen LogP contribution in [0.25, 0.3) is 0 Å². The number of halogens is 2. The molecule has 0 aliphatic rings. The Bertz CT molecular complexity index is 733. The molecule has 4 nitrogen and oxygen atoms in total. The van der Waals surface area contributed by atoms with Gasteiger partial charge < -0.3 is 5.11 Å². The number of carbonyl (C=O) groups is 1. The number of aliphatic hydroxyl groups excluding tert-OH is 1. The van der Waals surface area contributed by atoms with Gasteiger partial charge in [0.2, 0.25) is 5.78 Å². The van der Waals surface area contributed by atoms with Crippen LogP contribution in [0, 0.1) is 6.92 Å². The molecule has 2 rings (SSSR count). The molecule has 0 saturated carbocycles. The highest BCUT2D eigenvalue weighted by Crippen LogP contribution is 2.25. The van der Waals surface area contributed by atoms with Gasteiger partial charge in [-0.15, -0.1) is 5.11 Å². The van der Waals surface area contributed by atoms with E-state index in [0.717, 1.165) is 5.56 Å². The molecule has 112 valence electrons. The van der Waals surface area contributed by atoms with E-state index in [-0.39, 0.29) is 5.70 Å². The molecular weight excluding hydrogens is 323 g/mol. The minimum Gasteiger partial charge on any atom is -0.513 e. The van der Waals surface area contributed by atoms with Gasteiger partial charge in [-0.2, -0.15) is 5.11 Å². The Kier molecular flexibility index (Phi) is 5.31. The number of hydrogen-bond donors (Lipinski definition) is 1. The van der Waals surface area contributed by atoms with Crippen LogP contribution in [0.4, 0.5) is 5.69 Å². The molecule has 0 aromatic heterocycles. The molecule has 0 radical (unpaired) electrons. The summed E-state index contributed by atoms with van der Waals surface area (Å²) in [4.78, 5) is 12.2. The average molecular weight is 335 g/mol. The number of benzene rings is 2. The van der Waals surface area contributed by atoms with E-state index in [4.69, 9.17) is 23.2 Å². The molecule has 2 aromatic carbocycles. The summed E-state index contributed by atoms with van der Waals surface area (Å²) in [6, 6.07) is 11.6. The van der Waals surface area contributed by atoms with Crippen LogP contribution in [0.3, 0.4) is 0 Å². The zero-order valence-electron chi connectivity index (χ0n) is 11.6. The van der Waals surface area contributed by atoms with E-state index < -0.39 is 5.78 Å². The molecule has 0 atom stereocenters. The molecule has 0 aliphatic carbocycles. The normalized spacial score (nSPS) is 11.9. The Balaban J connectivity index is 2.23. The van der Waals surface area contributed by atoms with E-state index in [1.165, 1.54) is 0 Å². The lowest BCUT2D eigenvalue weighted by molar-refractivity contribution is 0.102. The monoisotopic (exact) mass is 334 g/mol. The van der Waals surface area contributed by atoms with Gasteiger partial charge in [0, 0.05) is 15.6 Å². The molecule has 0 fully saturated rings. The molecule has 6 heteroatoms. The van der Waals surface area contributed by atoms with Gasteiger partial charge in [0.15, 0.2) is 5.70 Å². The van der Waals surface area contributed by atoms with Crippen LogP contribution in [-0.4, -0.2) is 10.9 Å². The maximum absolute atomic E-state index is 12.2. The highest BCUT2D eigenvalue weighted by atomic mass is 35.5. The number of ketones is 1. The van der Waals surface area contributed by atoms with Crippen molar-refractivity contribution in [3.63, 3.8) is 0 Å². The van der Waals surface area contributed by atoms with Crippen molar-refractivity contribution in [1.29, 1.82) is 0 Å². The van der Waals surface area contributed by atoms with Gasteiger partial charge in [-0.25, -0.2) is 0 Å². The predicted molar refractivity (Wildman–Crippen MR) is 87.2 cm³/mol. The standard InChI is InChI=1S/C16H12Cl2N2O2/c1-10-2-4-11(5-3-10)16(22)15(9-21)20-19-14-7-12(17)6-13(18)8-14/h2-9,21H,1H3/b15-9-,20-19?. The van der Waals surface area contributed by atoms with Crippen molar-refractivity contribution >= 4 is 34.7 Å². The van der Waals surface area contributed by atoms with Gasteiger partial charge in [0.25, 0.3) is 0 Å². The van der Waals surface area contributed by atoms with Crippen molar-refractivity contribution < 1.29 is 9.90 Å². The third kappa shape index (κ3) is 4.16. The summed E-state index contributed by atoms with van der Waals surface area (Å²) in [6.07, 6.45) is 0.623. The summed E-state index contributed by atoms with van der Waals surface area (Å²) in [6.45, 7) is 1.92. The number of azo groups is 1. The predicted octanol–water partition coefficient (Wildman–Crippen LogP) is 5.67. The summed E-state index contributed by atoms with van der Waals surface area (Å²) >= 11 is 11.7. The van der Waals surface area contributed by atoms with Crippen LogP contribution in [0.5, 0.6) is 0 Å². The second-order valence-corrected chi connectivity index (χ2v) is 5.41. The van der Waals surface area contributed by atoms with Gasteiger partial charge in [-0.3, -0.25) is 4.79 Å². The SMILES string of the molecule is Cc1ccc(C(=O)/C(=C/O)N=Nc2cc(Cl)cc(Cl)c2)cc1. The van der Waals surface area contributed by atoms with E-state index >= 15 is 0 Å². The van der Waals surface area contributed by atoms with Crippen molar-refractivity contribution in [3.05, 3.63) is 75.6 Å². The van der Waals surface area contributed by atoms with Crippen LogP contribution in [0.15, 0.2) is 64.7 Å². The molecule has 0 unspecified atom stereocenters. The lowest BCUT2D eigenvalue weighted by Crippen LogP contribution is -2.01. The van der Waals surface area contributed by atoms with Crippen LogP contribution in [-0.2, 0) is 0 Å². The third-order valence-corrected chi connectivity index (χ3v) is 3.23. The molecule has 22 heavy (non-hydrogen) atoms. The smallest absolute Gasteiger partial charge is 0.216 e. The number of rotatable bonds is 4. The first-order valence-electron chi connectivity index (χ1n) is 6.33. The number of carbonyl (C=O) groups excluding carboxylic acids is 1. The maximum atomic E-state index is 12.2. The summed E-state index contributed by atoms with van der Waals surface area (Å²) in [5.74, 6) is -0.431. The molecule has 0 aliphatic heterocycles. The molecule has 0 amide bonds. The van der Waals surface area contributed by atoms with Gasteiger partial charge in [0.05, 0.1) is 5.69 Å². The van der Waals surface area contributed by atoms with Crippen molar-refractivity contribution in [1.82, 2.24) is 0 Å². The van der Waals surface area contributed by atoms with Crippen LogP contribution < -0.4 is 0 Å². The van der Waals surface area contributed by atoms with Crippen molar-refractivity contribution in [2.45, 2.75) is 6.92 Å². The molecule has 0 heterocycles. The van der Waals surface area contributed by atoms with E-state index in [2.05, 4.69) is 10.2 Å². The maximum Gasteiger partial charge on any atom is 0.216 e. The molecule has 2 aromatic rings. The van der Waals surface area contributed by atoms with Gasteiger partial charge >= 0.3 is 0 Å². The number of Topliss-reactive ketones (excluding diaryl/α,β-unsaturated/α-hetero) is 1. The fourth-order valence-corrected chi connectivity index (χ4v) is 2.21. The Hall–Kier alpha value is -2.17. The summed E-state index contributed by atoms with van der Waals surface area (Å²) in [5.41, 5.74) is 1.64. The highest BCUT2D eigenvalue weighted by molar-refractivity contribution is 6.35. The number of nitrogens with zero attached hydrogens (tertiary/aromatic N) is 2. The van der Waals surface area contributed by atoms with E-state index in [1.54, 1.807) is 42.5 Å². The van der Waals surface area contributed by atoms with Crippen molar-refractivity contribution in [2.75, 3.05) is 0 Å². The first-order chi connectivity index (χ1) is 10.5. The van der Waals surface area contributed by atoms with Crippen LogP contribution in [0.1, 0.15) is 15.9 Å². The number of aryl methyl sites for hydroxylation is 1. The topological polar surface area (TPSA) is 62.0 Å². The van der Waals surface area contributed by atoms with E-state index in [9.17, 15) is 9.90 Å². The first-order valence-corrected chi connectivity index (χ1v) is 7.09. The largest absolute Gasteiger partial charge is 0.513 e. The van der Waals surface area contributed by atoms with Crippen LogP contribution >= 0.6 is 23.2 Å². The average Bonchev–Trinajstić information content (AvgIpc) is 2.47. The van der Waals surface area contributed by atoms with Gasteiger partial charge in [-0.05, 0) is 25.1 Å². The molecule has 0 spiro atoms. The quantitative estimate of drug-likeness (QED) is 0.339. The Morgan fingerprint density at radius 1 is 1.09 bits per heavy atom. The first kappa shape index (κ1) is 16.2. The molecule has 1 N–H and O–H groups in total. The fourth-order valence-electron chi connectivity index (χ4n) is 1.69.